The number of phenolic OH excluding ortho intramolecular Hbond substituents is 1. The van der Waals surface area contributed by atoms with Gasteiger partial charge in [-0.3, -0.25) is 0 Å². The number of carbonyl (C=O) groups excluding carboxylic acids is 1. The van der Waals surface area contributed by atoms with E-state index in [4.69, 9.17) is 4.74 Å². The van der Waals surface area contributed by atoms with Crippen LogP contribution in [0.2, 0.25) is 0 Å². The van der Waals surface area contributed by atoms with Gasteiger partial charge in [-0.05, 0) is 31.9 Å². The largest absolute Gasteiger partial charge is 0.508 e. The summed E-state index contributed by atoms with van der Waals surface area (Å²) in [4.78, 5) is 11.8. The number of rotatable bonds is 3. The third kappa shape index (κ3) is 2.75. The zero-order chi connectivity index (χ0) is 12.3. The summed E-state index contributed by atoms with van der Waals surface area (Å²) in [7, 11) is 0. The molecule has 0 aliphatic carbocycles. The van der Waals surface area contributed by atoms with E-state index >= 15 is 0 Å². The maximum atomic E-state index is 11.8. The molecule has 1 N–H and O–H groups in total. The lowest BCUT2D eigenvalue weighted by atomic mass is 9.96. The Hall–Kier alpha value is -1.51. The molecule has 0 unspecified atom stereocenters. The lowest BCUT2D eigenvalue weighted by Gasteiger charge is -2.15. The van der Waals surface area contributed by atoms with E-state index in [1.807, 2.05) is 13.8 Å². The molecular weight excluding hydrogens is 204 g/mol. The highest BCUT2D eigenvalue weighted by molar-refractivity contribution is 5.92. The summed E-state index contributed by atoms with van der Waals surface area (Å²) in [6.07, 6.45) is -0.158. The molecule has 3 nitrogen and oxygen atoms in total. The molecule has 0 aliphatic rings. The minimum atomic E-state index is -0.380. The van der Waals surface area contributed by atoms with Gasteiger partial charge in [0.15, 0.2) is 0 Å². The lowest BCUT2D eigenvalue weighted by Crippen LogP contribution is -2.14. The second kappa shape index (κ2) is 5.01. The zero-order valence-corrected chi connectivity index (χ0v) is 10.2. The Balaban J connectivity index is 3.13. The molecule has 0 aliphatic heterocycles. The van der Waals surface area contributed by atoms with Crippen molar-refractivity contribution in [1.82, 2.24) is 0 Å². The minimum Gasteiger partial charge on any atom is -0.508 e. The standard InChI is InChI=1S/C13H18O3/c1-8(2)12-10(6-5-7-11(12)14)13(15)16-9(3)4/h5-9,14H,1-4H3. The van der Waals surface area contributed by atoms with Gasteiger partial charge in [0.2, 0.25) is 0 Å². The highest BCUT2D eigenvalue weighted by Crippen LogP contribution is 2.29. The van der Waals surface area contributed by atoms with Crippen LogP contribution in [0.4, 0.5) is 0 Å². The first-order valence-electron chi connectivity index (χ1n) is 5.46. The van der Waals surface area contributed by atoms with Crippen molar-refractivity contribution in [3.63, 3.8) is 0 Å². The number of hydrogen-bond donors (Lipinski definition) is 1. The zero-order valence-electron chi connectivity index (χ0n) is 10.2. The molecule has 0 saturated heterocycles. The second-order valence-corrected chi connectivity index (χ2v) is 4.35. The van der Waals surface area contributed by atoms with Crippen molar-refractivity contribution in [3.05, 3.63) is 29.3 Å². The first-order valence-corrected chi connectivity index (χ1v) is 5.46. The van der Waals surface area contributed by atoms with Crippen LogP contribution >= 0.6 is 0 Å². The van der Waals surface area contributed by atoms with Crippen molar-refractivity contribution in [2.75, 3.05) is 0 Å². The minimum absolute atomic E-state index is 0.0795. The molecule has 0 bridgehead atoms. The van der Waals surface area contributed by atoms with Gasteiger partial charge in [0.25, 0.3) is 0 Å². The van der Waals surface area contributed by atoms with Gasteiger partial charge in [-0.1, -0.05) is 19.9 Å². The van der Waals surface area contributed by atoms with Gasteiger partial charge in [-0.2, -0.15) is 0 Å². The second-order valence-electron chi connectivity index (χ2n) is 4.35. The Morgan fingerprint density at radius 2 is 1.88 bits per heavy atom. The molecule has 0 radical (unpaired) electrons. The summed E-state index contributed by atoms with van der Waals surface area (Å²) in [5, 5.41) is 9.74. The molecule has 3 heteroatoms. The SMILES string of the molecule is CC(C)OC(=O)c1cccc(O)c1C(C)C. The molecule has 0 heterocycles. The lowest BCUT2D eigenvalue weighted by molar-refractivity contribution is 0.0375. The van der Waals surface area contributed by atoms with Crippen LogP contribution in [0.25, 0.3) is 0 Å². The summed E-state index contributed by atoms with van der Waals surface area (Å²) in [6, 6.07) is 4.92. The van der Waals surface area contributed by atoms with Crippen LogP contribution in [0.5, 0.6) is 5.75 Å². The van der Waals surface area contributed by atoms with E-state index in [1.54, 1.807) is 32.0 Å². The third-order valence-electron chi connectivity index (χ3n) is 2.22. The summed E-state index contributed by atoms with van der Waals surface area (Å²) < 4.78 is 5.13. The van der Waals surface area contributed by atoms with Crippen LogP contribution in [0.15, 0.2) is 18.2 Å². The number of ether oxygens (including phenoxy) is 1. The number of carbonyl (C=O) groups is 1. The number of hydrogen-bond acceptors (Lipinski definition) is 3. The van der Waals surface area contributed by atoms with E-state index in [9.17, 15) is 9.90 Å². The number of esters is 1. The molecule has 0 atom stereocenters. The highest BCUT2D eigenvalue weighted by atomic mass is 16.5. The molecule has 0 aromatic heterocycles. The Labute approximate surface area is 96.1 Å². The molecule has 1 rings (SSSR count). The van der Waals surface area contributed by atoms with Gasteiger partial charge in [0.1, 0.15) is 5.75 Å². The van der Waals surface area contributed by atoms with E-state index in [1.165, 1.54) is 0 Å². The summed E-state index contributed by atoms with van der Waals surface area (Å²) >= 11 is 0. The molecular formula is C13H18O3. The van der Waals surface area contributed by atoms with Crippen molar-refractivity contribution in [2.24, 2.45) is 0 Å². The van der Waals surface area contributed by atoms with Crippen LogP contribution in [-0.4, -0.2) is 17.2 Å². The molecule has 0 spiro atoms. The Kier molecular flexibility index (Phi) is 3.93. The molecule has 1 aromatic rings. The Morgan fingerprint density at radius 3 is 2.38 bits per heavy atom. The predicted molar refractivity (Wildman–Crippen MR) is 62.7 cm³/mol. The Bertz CT molecular complexity index is 381. The fourth-order valence-electron chi connectivity index (χ4n) is 1.62. The fraction of sp³-hybridized carbons (Fsp3) is 0.462. The number of aromatic hydroxyl groups is 1. The molecule has 88 valence electrons. The molecule has 0 saturated carbocycles. The van der Waals surface area contributed by atoms with Crippen molar-refractivity contribution in [3.8, 4) is 5.75 Å². The van der Waals surface area contributed by atoms with E-state index in [0.717, 1.165) is 0 Å². The third-order valence-corrected chi connectivity index (χ3v) is 2.22. The van der Waals surface area contributed by atoms with Gasteiger partial charge in [0.05, 0.1) is 11.7 Å². The van der Waals surface area contributed by atoms with Crippen molar-refractivity contribution in [1.29, 1.82) is 0 Å². The summed E-state index contributed by atoms with van der Waals surface area (Å²) in [6.45, 7) is 7.47. The van der Waals surface area contributed by atoms with Crippen LogP contribution in [0.3, 0.4) is 0 Å². The predicted octanol–water partition coefficient (Wildman–Crippen LogP) is 3.08. The normalized spacial score (nSPS) is 10.9. The smallest absolute Gasteiger partial charge is 0.338 e. The van der Waals surface area contributed by atoms with Crippen molar-refractivity contribution < 1.29 is 14.6 Å². The fourth-order valence-corrected chi connectivity index (χ4v) is 1.62. The molecule has 0 fully saturated rings. The molecule has 1 aromatic carbocycles. The van der Waals surface area contributed by atoms with Gasteiger partial charge < -0.3 is 9.84 Å². The van der Waals surface area contributed by atoms with Crippen LogP contribution < -0.4 is 0 Å². The van der Waals surface area contributed by atoms with E-state index in [-0.39, 0.29) is 23.7 Å². The van der Waals surface area contributed by atoms with Gasteiger partial charge in [-0.15, -0.1) is 0 Å². The first kappa shape index (κ1) is 12.6. The average Bonchev–Trinajstić information content (AvgIpc) is 2.15. The quantitative estimate of drug-likeness (QED) is 0.799. The van der Waals surface area contributed by atoms with Crippen molar-refractivity contribution >= 4 is 5.97 Å². The van der Waals surface area contributed by atoms with E-state index in [0.29, 0.717) is 11.1 Å². The molecule has 0 amide bonds. The van der Waals surface area contributed by atoms with Crippen LogP contribution in [0, 0.1) is 0 Å². The topological polar surface area (TPSA) is 46.5 Å². The highest BCUT2D eigenvalue weighted by Gasteiger charge is 2.18. The van der Waals surface area contributed by atoms with E-state index < -0.39 is 0 Å². The Morgan fingerprint density at radius 1 is 1.25 bits per heavy atom. The monoisotopic (exact) mass is 222 g/mol. The summed E-state index contributed by atoms with van der Waals surface area (Å²) in [5.74, 6) is -0.154. The maximum Gasteiger partial charge on any atom is 0.338 e. The average molecular weight is 222 g/mol. The first-order chi connectivity index (χ1) is 7.43. The van der Waals surface area contributed by atoms with Crippen molar-refractivity contribution in [2.45, 2.75) is 39.7 Å². The van der Waals surface area contributed by atoms with Crippen LogP contribution in [-0.2, 0) is 4.74 Å². The van der Waals surface area contributed by atoms with Gasteiger partial charge in [-0.25, -0.2) is 4.79 Å². The number of phenols is 1. The maximum absolute atomic E-state index is 11.8. The molecule has 16 heavy (non-hydrogen) atoms. The van der Waals surface area contributed by atoms with Gasteiger partial charge >= 0.3 is 5.97 Å². The van der Waals surface area contributed by atoms with Crippen LogP contribution in [0.1, 0.15) is 49.5 Å². The number of benzene rings is 1. The van der Waals surface area contributed by atoms with Gasteiger partial charge in [0, 0.05) is 5.56 Å². The van der Waals surface area contributed by atoms with E-state index in [2.05, 4.69) is 0 Å². The summed E-state index contributed by atoms with van der Waals surface area (Å²) in [5.41, 5.74) is 1.09.